The summed E-state index contributed by atoms with van der Waals surface area (Å²) >= 11 is 0. The van der Waals surface area contributed by atoms with Crippen molar-refractivity contribution in [1.29, 1.82) is 0 Å². The van der Waals surface area contributed by atoms with Crippen molar-refractivity contribution in [3.05, 3.63) is 35.4 Å². The number of ether oxygens (including phenoxy) is 1. The van der Waals surface area contributed by atoms with E-state index in [-0.39, 0.29) is 24.0 Å². The predicted molar refractivity (Wildman–Crippen MR) is 138 cm³/mol. The zero-order valence-electron chi connectivity index (χ0n) is 19.0. The van der Waals surface area contributed by atoms with Gasteiger partial charge < -0.3 is 15.4 Å². The Bertz CT molecular complexity index is 688. The summed E-state index contributed by atoms with van der Waals surface area (Å²) in [6, 6.07) is 10.2. The molecular weight excluding hydrogens is 501 g/mol. The second kappa shape index (κ2) is 13.0. The van der Waals surface area contributed by atoms with Crippen molar-refractivity contribution < 1.29 is 4.74 Å². The summed E-state index contributed by atoms with van der Waals surface area (Å²) in [6.07, 6.45) is 6.82. The second-order valence-electron chi connectivity index (χ2n) is 8.97. The average molecular weight is 542 g/mol. The third-order valence-corrected chi connectivity index (χ3v) is 6.67. The summed E-state index contributed by atoms with van der Waals surface area (Å²) in [7, 11) is 0. The predicted octanol–water partition coefficient (Wildman–Crippen LogP) is 3.21. The maximum atomic E-state index is 5.46. The van der Waals surface area contributed by atoms with Gasteiger partial charge in [-0.05, 0) is 37.3 Å². The van der Waals surface area contributed by atoms with Gasteiger partial charge in [0.2, 0.25) is 0 Å². The molecule has 1 aromatic rings. The highest BCUT2D eigenvalue weighted by Crippen LogP contribution is 2.26. The first-order valence-corrected chi connectivity index (χ1v) is 12.0. The third kappa shape index (κ3) is 7.58. The van der Waals surface area contributed by atoms with Crippen LogP contribution in [0.15, 0.2) is 29.3 Å². The molecule has 1 aliphatic carbocycles. The molecule has 0 aromatic heterocycles. The van der Waals surface area contributed by atoms with Crippen LogP contribution >= 0.6 is 24.0 Å². The number of nitrogens with zero attached hydrogens (tertiary/aromatic N) is 3. The minimum Gasteiger partial charge on any atom is -0.379 e. The molecule has 2 N–H and O–H groups in total. The van der Waals surface area contributed by atoms with Crippen LogP contribution in [-0.2, 0) is 17.8 Å². The molecule has 1 unspecified atom stereocenters. The van der Waals surface area contributed by atoms with Crippen LogP contribution in [0.25, 0.3) is 0 Å². The monoisotopic (exact) mass is 541 g/mol. The van der Waals surface area contributed by atoms with Crippen LogP contribution in [-0.4, -0.2) is 73.8 Å². The molecule has 7 heteroatoms. The first-order chi connectivity index (χ1) is 14.8. The Morgan fingerprint density at radius 1 is 1.10 bits per heavy atom. The van der Waals surface area contributed by atoms with Crippen LogP contribution in [0.5, 0.6) is 0 Å². The highest BCUT2D eigenvalue weighted by molar-refractivity contribution is 14.0. The minimum atomic E-state index is 0. The highest BCUT2D eigenvalue weighted by atomic mass is 127. The number of hydrogen-bond donors (Lipinski definition) is 2. The van der Waals surface area contributed by atoms with Gasteiger partial charge in [-0.25, -0.2) is 4.99 Å². The SMILES string of the molecule is CCNC(=NCc1cccc(CN2CCOCC2)c1)NC1CCN(C2CCCC2)C1.I. The van der Waals surface area contributed by atoms with Gasteiger partial charge in [0.1, 0.15) is 0 Å². The van der Waals surface area contributed by atoms with Gasteiger partial charge in [0, 0.05) is 51.4 Å². The highest BCUT2D eigenvalue weighted by Gasteiger charge is 2.30. The van der Waals surface area contributed by atoms with Crippen LogP contribution in [0.2, 0.25) is 0 Å². The van der Waals surface area contributed by atoms with E-state index in [1.54, 1.807) is 0 Å². The number of hydrogen-bond acceptors (Lipinski definition) is 4. The molecule has 2 heterocycles. The smallest absolute Gasteiger partial charge is 0.191 e. The number of halogens is 1. The van der Waals surface area contributed by atoms with Gasteiger partial charge in [-0.1, -0.05) is 37.1 Å². The number of rotatable bonds is 7. The first-order valence-electron chi connectivity index (χ1n) is 12.0. The quantitative estimate of drug-likeness (QED) is 0.316. The van der Waals surface area contributed by atoms with Crippen LogP contribution in [0, 0.1) is 0 Å². The Balaban J connectivity index is 0.00000272. The molecule has 3 aliphatic rings. The van der Waals surface area contributed by atoms with E-state index in [4.69, 9.17) is 9.73 Å². The van der Waals surface area contributed by atoms with E-state index in [9.17, 15) is 0 Å². The molecule has 6 nitrogen and oxygen atoms in total. The largest absolute Gasteiger partial charge is 0.379 e. The van der Waals surface area contributed by atoms with Crippen molar-refractivity contribution in [2.24, 2.45) is 4.99 Å². The zero-order valence-corrected chi connectivity index (χ0v) is 21.4. The number of benzene rings is 1. The van der Waals surface area contributed by atoms with Crippen LogP contribution < -0.4 is 10.6 Å². The summed E-state index contributed by atoms with van der Waals surface area (Å²) in [5.41, 5.74) is 2.64. The standard InChI is InChI=1S/C24H39N5O.HI/c1-2-25-24(27-22-10-11-29(19-22)23-8-3-4-9-23)26-17-20-6-5-7-21(16-20)18-28-12-14-30-15-13-28;/h5-7,16,22-23H,2-4,8-15,17-19H2,1H3,(H2,25,26,27);1H. The number of likely N-dealkylation sites (tertiary alicyclic amines) is 1. The van der Waals surface area contributed by atoms with Gasteiger partial charge in [-0.15, -0.1) is 24.0 Å². The summed E-state index contributed by atoms with van der Waals surface area (Å²) in [5.74, 6) is 0.953. The Labute approximate surface area is 205 Å². The van der Waals surface area contributed by atoms with E-state index in [1.165, 1.54) is 49.8 Å². The maximum absolute atomic E-state index is 5.46. The summed E-state index contributed by atoms with van der Waals surface area (Å²) in [5, 5.41) is 7.14. The van der Waals surface area contributed by atoms with E-state index in [0.717, 1.165) is 57.9 Å². The van der Waals surface area contributed by atoms with E-state index >= 15 is 0 Å². The summed E-state index contributed by atoms with van der Waals surface area (Å²) in [4.78, 5) is 10.1. The molecule has 3 fully saturated rings. The van der Waals surface area contributed by atoms with Crippen LogP contribution in [0.3, 0.4) is 0 Å². The van der Waals surface area contributed by atoms with Crippen LogP contribution in [0.4, 0.5) is 0 Å². The molecule has 1 atom stereocenters. The molecule has 0 bridgehead atoms. The zero-order chi connectivity index (χ0) is 20.6. The second-order valence-corrected chi connectivity index (χ2v) is 8.97. The van der Waals surface area contributed by atoms with E-state index in [2.05, 4.69) is 51.6 Å². The fraction of sp³-hybridized carbons (Fsp3) is 0.708. The lowest BCUT2D eigenvalue weighted by Crippen LogP contribution is -2.45. The Morgan fingerprint density at radius 3 is 2.65 bits per heavy atom. The van der Waals surface area contributed by atoms with E-state index in [0.29, 0.717) is 12.6 Å². The van der Waals surface area contributed by atoms with Gasteiger partial charge in [-0.3, -0.25) is 9.80 Å². The first kappa shape index (κ1) is 24.7. The number of nitrogens with one attached hydrogen (secondary N) is 2. The van der Waals surface area contributed by atoms with Crippen LogP contribution in [0.1, 0.15) is 50.2 Å². The number of aliphatic imine (C=N–C) groups is 1. The molecule has 0 spiro atoms. The molecule has 4 rings (SSSR count). The minimum absolute atomic E-state index is 0. The Morgan fingerprint density at radius 2 is 1.87 bits per heavy atom. The van der Waals surface area contributed by atoms with Gasteiger partial charge in [-0.2, -0.15) is 0 Å². The Kier molecular flexibility index (Phi) is 10.3. The molecule has 1 saturated carbocycles. The fourth-order valence-corrected chi connectivity index (χ4v) is 5.03. The van der Waals surface area contributed by atoms with Gasteiger partial charge >= 0.3 is 0 Å². The number of morpholine rings is 1. The van der Waals surface area contributed by atoms with Gasteiger partial charge in [0.05, 0.1) is 19.8 Å². The van der Waals surface area contributed by atoms with E-state index < -0.39 is 0 Å². The van der Waals surface area contributed by atoms with Crippen molar-refractivity contribution in [2.45, 2.75) is 64.2 Å². The lowest BCUT2D eigenvalue weighted by molar-refractivity contribution is 0.0342. The summed E-state index contributed by atoms with van der Waals surface area (Å²) in [6.45, 7) is 10.9. The molecule has 2 aliphatic heterocycles. The molecule has 0 amide bonds. The van der Waals surface area contributed by atoms with Gasteiger partial charge in [0.25, 0.3) is 0 Å². The van der Waals surface area contributed by atoms with E-state index in [1.807, 2.05) is 0 Å². The van der Waals surface area contributed by atoms with Crippen molar-refractivity contribution in [2.75, 3.05) is 45.9 Å². The topological polar surface area (TPSA) is 52.1 Å². The molecular formula is C24H40IN5O. The lowest BCUT2D eigenvalue weighted by atomic mass is 10.1. The average Bonchev–Trinajstić information content (AvgIpc) is 3.45. The maximum Gasteiger partial charge on any atom is 0.191 e. The fourth-order valence-electron chi connectivity index (χ4n) is 5.03. The Hall–Kier alpha value is -0.900. The van der Waals surface area contributed by atoms with Gasteiger partial charge in [0.15, 0.2) is 5.96 Å². The van der Waals surface area contributed by atoms with Crippen molar-refractivity contribution in [3.8, 4) is 0 Å². The third-order valence-electron chi connectivity index (χ3n) is 6.67. The van der Waals surface area contributed by atoms with Crippen molar-refractivity contribution in [3.63, 3.8) is 0 Å². The molecule has 174 valence electrons. The van der Waals surface area contributed by atoms with Crippen molar-refractivity contribution in [1.82, 2.24) is 20.4 Å². The summed E-state index contributed by atoms with van der Waals surface area (Å²) < 4.78 is 5.46. The molecule has 1 aromatic carbocycles. The number of guanidine groups is 1. The molecule has 0 radical (unpaired) electrons. The molecule has 2 saturated heterocycles. The molecule has 31 heavy (non-hydrogen) atoms. The van der Waals surface area contributed by atoms with Crippen molar-refractivity contribution >= 4 is 29.9 Å². The lowest BCUT2D eigenvalue weighted by Gasteiger charge is -2.26. The normalized spacial score (nSPS) is 23.6.